The number of carbonyl (C=O) groups excluding carboxylic acids is 1. The summed E-state index contributed by atoms with van der Waals surface area (Å²) in [7, 11) is 0. The molecule has 3 aromatic rings. The van der Waals surface area contributed by atoms with Gasteiger partial charge in [-0.15, -0.1) is 11.3 Å². The van der Waals surface area contributed by atoms with E-state index in [1.165, 1.54) is 11.3 Å². The van der Waals surface area contributed by atoms with Crippen LogP contribution < -0.4 is 5.32 Å². The van der Waals surface area contributed by atoms with Gasteiger partial charge in [-0.05, 0) is 25.0 Å². The molecule has 0 saturated carbocycles. The number of ether oxygens (including phenoxy) is 1. The van der Waals surface area contributed by atoms with Gasteiger partial charge in [-0.25, -0.2) is 4.98 Å². The molecule has 1 aliphatic rings. The van der Waals surface area contributed by atoms with Crippen LogP contribution in [0, 0.1) is 0 Å². The number of fused-ring (bicyclic) bond motifs is 1. The van der Waals surface area contributed by atoms with Crippen LogP contribution >= 0.6 is 22.9 Å². The molecule has 0 aliphatic carbocycles. The van der Waals surface area contributed by atoms with Crippen molar-refractivity contribution in [3.63, 3.8) is 0 Å². The highest BCUT2D eigenvalue weighted by Crippen LogP contribution is 2.25. The topological polar surface area (TPSA) is 55.6 Å². The zero-order chi connectivity index (χ0) is 17.2. The Labute approximate surface area is 154 Å². The zero-order valence-corrected chi connectivity index (χ0v) is 15.1. The summed E-state index contributed by atoms with van der Waals surface area (Å²) in [6.07, 6.45) is 4.57. The largest absolute Gasteiger partial charge is 0.376 e. The van der Waals surface area contributed by atoms with Gasteiger partial charge in [0.1, 0.15) is 0 Å². The van der Waals surface area contributed by atoms with Crippen LogP contribution in [-0.2, 0) is 16.0 Å². The summed E-state index contributed by atoms with van der Waals surface area (Å²) in [4.78, 5) is 17.7. The molecule has 5 nitrogen and oxygen atoms in total. The van der Waals surface area contributed by atoms with E-state index in [4.69, 9.17) is 16.3 Å². The fraction of sp³-hybridized carbons (Fsp3) is 0.333. The maximum atomic E-state index is 12.2. The third-order valence-corrected chi connectivity index (χ3v) is 5.46. The number of aromatic nitrogens is 2. The van der Waals surface area contributed by atoms with Gasteiger partial charge in [0.2, 0.25) is 5.91 Å². The van der Waals surface area contributed by atoms with Crippen molar-refractivity contribution in [2.24, 2.45) is 0 Å². The van der Waals surface area contributed by atoms with Crippen LogP contribution in [0.4, 0.5) is 0 Å². The number of imidazole rings is 1. The number of hydrogen-bond donors (Lipinski definition) is 1. The molecule has 1 saturated heterocycles. The first-order valence-corrected chi connectivity index (χ1v) is 9.54. The van der Waals surface area contributed by atoms with Gasteiger partial charge in [0.25, 0.3) is 0 Å². The van der Waals surface area contributed by atoms with E-state index in [0.717, 1.165) is 41.4 Å². The number of rotatable bonds is 5. The molecule has 2 aromatic heterocycles. The second-order valence-electron chi connectivity index (χ2n) is 6.13. The molecule has 3 heterocycles. The lowest BCUT2D eigenvalue weighted by Crippen LogP contribution is -2.32. The van der Waals surface area contributed by atoms with E-state index >= 15 is 0 Å². The number of halogens is 1. The van der Waals surface area contributed by atoms with Crippen LogP contribution in [0.1, 0.15) is 18.5 Å². The Morgan fingerprint density at radius 3 is 3.00 bits per heavy atom. The summed E-state index contributed by atoms with van der Waals surface area (Å²) in [6, 6.07) is 7.60. The molecule has 0 radical (unpaired) electrons. The zero-order valence-electron chi connectivity index (χ0n) is 13.6. The maximum absolute atomic E-state index is 12.2. The van der Waals surface area contributed by atoms with Crippen molar-refractivity contribution >= 4 is 33.8 Å². The highest BCUT2D eigenvalue weighted by atomic mass is 35.5. The molecular formula is C18H18ClN3O2S. The molecule has 1 fully saturated rings. The standard InChI is InChI=1S/C18H18ClN3O2S/c19-13-5-3-12(4-6-13)16-10-22-14(11-25-18(22)21-16)8-17(23)20-9-15-2-1-7-24-15/h3-6,10-11,15H,1-2,7-9H2,(H,20,23)/t15-/m0/s1. The number of thiazole rings is 1. The Hall–Kier alpha value is -1.89. The smallest absolute Gasteiger partial charge is 0.226 e. The van der Waals surface area contributed by atoms with Crippen LogP contribution in [-0.4, -0.2) is 34.5 Å². The fourth-order valence-corrected chi connectivity index (χ4v) is 3.98. The molecule has 1 amide bonds. The van der Waals surface area contributed by atoms with Crippen molar-refractivity contribution < 1.29 is 9.53 Å². The Bertz CT molecular complexity index is 882. The van der Waals surface area contributed by atoms with Gasteiger partial charge < -0.3 is 10.1 Å². The van der Waals surface area contributed by atoms with Crippen LogP contribution in [0.3, 0.4) is 0 Å². The monoisotopic (exact) mass is 375 g/mol. The van der Waals surface area contributed by atoms with Crippen molar-refractivity contribution in [3.8, 4) is 11.3 Å². The SMILES string of the molecule is O=C(Cc1csc2nc(-c3ccc(Cl)cc3)cn12)NC[C@@H]1CCCO1. The summed E-state index contributed by atoms with van der Waals surface area (Å²) >= 11 is 7.48. The van der Waals surface area contributed by atoms with Crippen molar-refractivity contribution in [2.75, 3.05) is 13.2 Å². The van der Waals surface area contributed by atoms with E-state index < -0.39 is 0 Å². The average molecular weight is 376 g/mol. The normalized spacial score (nSPS) is 17.2. The Morgan fingerprint density at radius 1 is 1.40 bits per heavy atom. The van der Waals surface area contributed by atoms with Crippen LogP contribution in [0.15, 0.2) is 35.8 Å². The molecule has 1 aliphatic heterocycles. The van der Waals surface area contributed by atoms with E-state index in [9.17, 15) is 4.79 Å². The van der Waals surface area contributed by atoms with Gasteiger partial charge in [-0.3, -0.25) is 9.20 Å². The number of nitrogens with one attached hydrogen (secondary N) is 1. The van der Waals surface area contributed by atoms with Gasteiger partial charge in [0, 0.05) is 41.0 Å². The first kappa shape index (κ1) is 16.6. The molecule has 4 rings (SSSR count). The lowest BCUT2D eigenvalue weighted by molar-refractivity contribution is -0.121. The average Bonchev–Trinajstić information content (AvgIpc) is 3.32. The molecule has 1 N–H and O–H groups in total. The van der Waals surface area contributed by atoms with E-state index in [0.29, 0.717) is 18.0 Å². The van der Waals surface area contributed by atoms with Crippen LogP contribution in [0.25, 0.3) is 16.2 Å². The number of hydrogen-bond acceptors (Lipinski definition) is 4. The lowest BCUT2D eigenvalue weighted by Gasteiger charge is -2.10. The molecule has 0 spiro atoms. The molecule has 1 aromatic carbocycles. The summed E-state index contributed by atoms with van der Waals surface area (Å²) in [5.41, 5.74) is 2.83. The molecule has 1 atom stereocenters. The molecule has 0 bridgehead atoms. The predicted octanol–water partition coefficient (Wildman–Crippen LogP) is 3.55. The van der Waals surface area contributed by atoms with Gasteiger partial charge in [0.15, 0.2) is 4.96 Å². The highest BCUT2D eigenvalue weighted by molar-refractivity contribution is 7.15. The Kier molecular flexibility index (Phi) is 4.74. The molecule has 0 unspecified atom stereocenters. The first-order chi connectivity index (χ1) is 12.2. The van der Waals surface area contributed by atoms with E-state index in [-0.39, 0.29) is 12.0 Å². The number of amides is 1. The van der Waals surface area contributed by atoms with Gasteiger partial charge in [0.05, 0.1) is 18.2 Å². The van der Waals surface area contributed by atoms with Crippen molar-refractivity contribution in [3.05, 3.63) is 46.6 Å². The fourth-order valence-electron chi connectivity index (χ4n) is 2.98. The van der Waals surface area contributed by atoms with Crippen LogP contribution in [0.5, 0.6) is 0 Å². The number of benzene rings is 1. The van der Waals surface area contributed by atoms with E-state index in [2.05, 4.69) is 10.3 Å². The summed E-state index contributed by atoms with van der Waals surface area (Å²) < 4.78 is 7.52. The third kappa shape index (κ3) is 3.71. The summed E-state index contributed by atoms with van der Waals surface area (Å²) in [6.45, 7) is 1.39. The van der Waals surface area contributed by atoms with Gasteiger partial charge in [-0.1, -0.05) is 23.7 Å². The van der Waals surface area contributed by atoms with Crippen molar-refractivity contribution in [1.82, 2.24) is 14.7 Å². The Morgan fingerprint density at radius 2 is 2.24 bits per heavy atom. The van der Waals surface area contributed by atoms with E-state index in [1.807, 2.05) is 40.2 Å². The third-order valence-electron chi connectivity index (χ3n) is 4.32. The second kappa shape index (κ2) is 7.15. The molecule has 7 heteroatoms. The second-order valence-corrected chi connectivity index (χ2v) is 7.40. The highest BCUT2D eigenvalue weighted by Gasteiger charge is 2.17. The number of nitrogens with zero attached hydrogens (tertiary/aromatic N) is 2. The minimum atomic E-state index is 0.0111. The molecule has 130 valence electrons. The molecule has 25 heavy (non-hydrogen) atoms. The Balaban J connectivity index is 1.46. The predicted molar refractivity (Wildman–Crippen MR) is 99.2 cm³/mol. The first-order valence-electron chi connectivity index (χ1n) is 8.29. The minimum absolute atomic E-state index is 0.0111. The quantitative estimate of drug-likeness (QED) is 0.741. The van der Waals surface area contributed by atoms with Gasteiger partial charge >= 0.3 is 0 Å². The maximum Gasteiger partial charge on any atom is 0.226 e. The van der Waals surface area contributed by atoms with E-state index in [1.54, 1.807) is 0 Å². The van der Waals surface area contributed by atoms with Crippen LogP contribution in [0.2, 0.25) is 5.02 Å². The number of carbonyl (C=O) groups is 1. The van der Waals surface area contributed by atoms with Crippen molar-refractivity contribution in [1.29, 1.82) is 0 Å². The summed E-state index contributed by atoms with van der Waals surface area (Å²) in [5, 5.41) is 5.65. The lowest BCUT2D eigenvalue weighted by atomic mass is 10.2. The van der Waals surface area contributed by atoms with Crippen molar-refractivity contribution in [2.45, 2.75) is 25.4 Å². The molecular weight excluding hydrogens is 358 g/mol. The summed E-state index contributed by atoms with van der Waals surface area (Å²) in [5.74, 6) is 0.0111. The minimum Gasteiger partial charge on any atom is -0.376 e. The van der Waals surface area contributed by atoms with Gasteiger partial charge in [-0.2, -0.15) is 0 Å².